The summed E-state index contributed by atoms with van der Waals surface area (Å²) < 4.78 is 0.0994. The van der Waals surface area contributed by atoms with Crippen LogP contribution in [-0.4, -0.2) is 11.6 Å². The zero-order chi connectivity index (χ0) is 12.4. The Morgan fingerprint density at radius 3 is 2.59 bits per heavy atom. The van der Waals surface area contributed by atoms with E-state index in [9.17, 15) is 4.79 Å². The molecule has 0 bridgehead atoms. The van der Waals surface area contributed by atoms with Gasteiger partial charge in [0.05, 0.1) is 17.8 Å². The van der Waals surface area contributed by atoms with E-state index in [4.69, 9.17) is 23.2 Å². The summed E-state index contributed by atoms with van der Waals surface area (Å²) in [5.41, 5.74) is 2.44. The number of hydrogen-bond acceptors (Lipinski definition) is 2. The average Bonchev–Trinajstić information content (AvgIpc) is 2.59. The Kier molecular flexibility index (Phi) is 3.50. The molecule has 5 heteroatoms. The van der Waals surface area contributed by atoms with Crippen molar-refractivity contribution in [3.8, 4) is 0 Å². The summed E-state index contributed by atoms with van der Waals surface area (Å²) >= 11 is 11.1. The molecule has 1 aliphatic rings. The van der Waals surface area contributed by atoms with Crippen LogP contribution in [0, 0.1) is 6.92 Å². The van der Waals surface area contributed by atoms with E-state index in [1.54, 1.807) is 0 Å². The molecule has 0 spiro atoms. The van der Waals surface area contributed by atoms with Gasteiger partial charge in [0.1, 0.15) is 4.49 Å². The molecule has 0 unspecified atom stereocenters. The highest BCUT2D eigenvalue weighted by molar-refractivity contribution is 6.57. The molecule has 88 valence electrons. The van der Waals surface area contributed by atoms with E-state index in [-0.39, 0.29) is 16.8 Å². The molecule has 0 saturated heterocycles. The number of nitrogens with zero attached hydrogens (tertiary/aromatic N) is 2. The third-order valence-corrected chi connectivity index (χ3v) is 2.57. The van der Waals surface area contributed by atoms with Crippen LogP contribution in [-0.2, 0) is 4.79 Å². The summed E-state index contributed by atoms with van der Waals surface area (Å²) in [7, 11) is 0. The van der Waals surface area contributed by atoms with Crippen molar-refractivity contribution in [1.82, 2.24) is 0 Å². The quantitative estimate of drug-likeness (QED) is 0.809. The second-order valence-corrected chi connectivity index (χ2v) is 4.75. The summed E-state index contributed by atoms with van der Waals surface area (Å²) in [6, 6.07) is 7.57. The Morgan fingerprint density at radius 1 is 1.35 bits per heavy atom. The number of rotatable bonds is 2. The number of carbonyl (C=O) groups is 1. The molecule has 0 saturated carbocycles. The number of allylic oxidation sites excluding steroid dienone is 1. The molecule has 1 heterocycles. The van der Waals surface area contributed by atoms with Crippen LogP contribution in [0.3, 0.4) is 0 Å². The average molecular weight is 269 g/mol. The number of aryl methyl sites for hydroxylation is 1. The van der Waals surface area contributed by atoms with Gasteiger partial charge in [-0.05, 0) is 25.1 Å². The summed E-state index contributed by atoms with van der Waals surface area (Å²) in [5.74, 6) is -0.0883. The number of hydrazone groups is 1. The lowest BCUT2D eigenvalue weighted by Crippen LogP contribution is -2.19. The molecule has 2 rings (SSSR count). The van der Waals surface area contributed by atoms with Crippen LogP contribution < -0.4 is 5.01 Å². The maximum atomic E-state index is 11.7. The minimum Gasteiger partial charge on any atom is -0.272 e. The fraction of sp³-hybridized carbons (Fsp3) is 0.167. The van der Waals surface area contributed by atoms with Crippen molar-refractivity contribution in [3.63, 3.8) is 0 Å². The van der Waals surface area contributed by atoms with Gasteiger partial charge in [0.25, 0.3) is 5.91 Å². The van der Waals surface area contributed by atoms with Gasteiger partial charge >= 0.3 is 0 Å². The smallest absolute Gasteiger partial charge is 0.253 e. The van der Waals surface area contributed by atoms with Crippen LogP contribution >= 0.6 is 23.2 Å². The molecule has 0 radical (unpaired) electrons. The summed E-state index contributed by atoms with van der Waals surface area (Å²) in [5, 5.41) is 5.53. The molecular formula is C12H10Cl2N2O. The Labute approximate surface area is 109 Å². The highest BCUT2D eigenvalue weighted by Crippen LogP contribution is 2.22. The number of benzene rings is 1. The van der Waals surface area contributed by atoms with Crippen molar-refractivity contribution >= 4 is 40.5 Å². The predicted molar refractivity (Wildman–Crippen MR) is 70.5 cm³/mol. The van der Waals surface area contributed by atoms with E-state index >= 15 is 0 Å². The Hall–Kier alpha value is -1.32. The third-order valence-electron chi connectivity index (χ3n) is 2.35. The van der Waals surface area contributed by atoms with Crippen LogP contribution in [0.2, 0.25) is 0 Å². The second-order valence-electron chi connectivity index (χ2n) is 3.74. The van der Waals surface area contributed by atoms with Crippen LogP contribution in [0.15, 0.2) is 39.9 Å². The topological polar surface area (TPSA) is 32.7 Å². The predicted octanol–water partition coefficient (Wildman–Crippen LogP) is 3.41. The Bertz CT molecular complexity index is 502. The molecule has 1 aromatic carbocycles. The van der Waals surface area contributed by atoms with E-state index in [1.807, 2.05) is 31.2 Å². The zero-order valence-corrected chi connectivity index (χ0v) is 10.7. The Morgan fingerprint density at radius 2 is 2.00 bits per heavy atom. The standard InChI is InChI=1S/C12H10Cl2N2O/c1-8-2-4-10(5-3-8)16-12(17)7-9(15-16)6-11(13)14/h2-6H,7H2,1H3. The number of anilines is 1. The monoisotopic (exact) mass is 268 g/mol. The van der Waals surface area contributed by atoms with Gasteiger partial charge in [0, 0.05) is 0 Å². The van der Waals surface area contributed by atoms with Crippen molar-refractivity contribution in [3.05, 3.63) is 40.4 Å². The van der Waals surface area contributed by atoms with Gasteiger partial charge in [-0.3, -0.25) is 4.79 Å². The summed E-state index contributed by atoms with van der Waals surface area (Å²) in [6.45, 7) is 1.99. The van der Waals surface area contributed by atoms with Crippen molar-refractivity contribution in [2.24, 2.45) is 5.10 Å². The third kappa shape index (κ3) is 2.87. The van der Waals surface area contributed by atoms with E-state index in [1.165, 1.54) is 11.1 Å². The zero-order valence-electron chi connectivity index (χ0n) is 9.15. The van der Waals surface area contributed by atoms with Crippen molar-refractivity contribution < 1.29 is 4.79 Å². The van der Waals surface area contributed by atoms with Gasteiger partial charge in [-0.1, -0.05) is 40.9 Å². The van der Waals surface area contributed by atoms with Crippen molar-refractivity contribution in [1.29, 1.82) is 0 Å². The second kappa shape index (κ2) is 4.90. The Balaban J connectivity index is 2.27. The summed E-state index contributed by atoms with van der Waals surface area (Å²) in [6.07, 6.45) is 1.70. The van der Waals surface area contributed by atoms with Gasteiger partial charge in [-0.25, -0.2) is 5.01 Å². The van der Waals surface area contributed by atoms with E-state index in [0.29, 0.717) is 5.71 Å². The number of hydrogen-bond donors (Lipinski definition) is 0. The maximum Gasteiger partial charge on any atom is 0.253 e. The highest BCUT2D eigenvalue weighted by Gasteiger charge is 2.23. The van der Waals surface area contributed by atoms with Gasteiger partial charge in [0.2, 0.25) is 0 Å². The fourth-order valence-corrected chi connectivity index (χ4v) is 1.79. The minimum atomic E-state index is -0.0883. The molecule has 0 aromatic heterocycles. The molecule has 0 N–H and O–H groups in total. The van der Waals surface area contributed by atoms with Crippen LogP contribution in [0.1, 0.15) is 12.0 Å². The molecule has 1 aromatic rings. The van der Waals surface area contributed by atoms with Crippen LogP contribution in [0.5, 0.6) is 0 Å². The summed E-state index contributed by atoms with van der Waals surface area (Å²) in [4.78, 5) is 11.7. The largest absolute Gasteiger partial charge is 0.272 e. The highest BCUT2D eigenvalue weighted by atomic mass is 35.5. The van der Waals surface area contributed by atoms with Gasteiger partial charge in [-0.2, -0.15) is 5.10 Å². The molecule has 0 aliphatic carbocycles. The maximum absolute atomic E-state index is 11.7. The molecule has 1 amide bonds. The first-order valence-corrected chi connectivity index (χ1v) is 5.81. The van der Waals surface area contributed by atoms with E-state index in [2.05, 4.69) is 5.10 Å². The van der Waals surface area contributed by atoms with Crippen molar-refractivity contribution in [2.45, 2.75) is 13.3 Å². The lowest BCUT2D eigenvalue weighted by molar-refractivity contribution is -0.116. The first-order chi connectivity index (χ1) is 8.06. The normalized spacial score (nSPS) is 14.9. The molecule has 3 nitrogen and oxygen atoms in total. The van der Waals surface area contributed by atoms with Crippen molar-refractivity contribution in [2.75, 3.05) is 5.01 Å². The van der Waals surface area contributed by atoms with E-state index in [0.717, 1.165) is 11.3 Å². The van der Waals surface area contributed by atoms with E-state index < -0.39 is 0 Å². The molecular weight excluding hydrogens is 259 g/mol. The minimum absolute atomic E-state index is 0.0883. The lowest BCUT2D eigenvalue weighted by Gasteiger charge is -2.11. The van der Waals surface area contributed by atoms with Gasteiger partial charge in [0.15, 0.2) is 0 Å². The number of amides is 1. The fourth-order valence-electron chi connectivity index (χ4n) is 1.54. The molecule has 0 atom stereocenters. The lowest BCUT2D eigenvalue weighted by atomic mass is 10.2. The number of halogens is 2. The number of carbonyl (C=O) groups excluding carboxylic acids is 1. The first-order valence-electron chi connectivity index (χ1n) is 5.06. The molecule has 1 aliphatic heterocycles. The SMILES string of the molecule is Cc1ccc(N2N=C(C=C(Cl)Cl)CC2=O)cc1. The van der Waals surface area contributed by atoms with Gasteiger partial charge < -0.3 is 0 Å². The molecule has 0 fully saturated rings. The van der Waals surface area contributed by atoms with Crippen LogP contribution in [0.4, 0.5) is 5.69 Å². The van der Waals surface area contributed by atoms with Gasteiger partial charge in [-0.15, -0.1) is 0 Å². The first kappa shape index (κ1) is 12.1. The molecule has 17 heavy (non-hydrogen) atoms. The van der Waals surface area contributed by atoms with Crippen LogP contribution in [0.25, 0.3) is 0 Å².